The number of rotatable bonds is 5. The molecule has 0 spiro atoms. The summed E-state index contributed by atoms with van der Waals surface area (Å²) in [6.45, 7) is 0.225. The molecule has 1 aliphatic rings. The monoisotopic (exact) mass is 535 g/mol. The van der Waals surface area contributed by atoms with Crippen LogP contribution in [0.15, 0.2) is 71.2 Å². The Kier molecular flexibility index (Phi) is 6.17. The van der Waals surface area contributed by atoms with Gasteiger partial charge in [0, 0.05) is 40.9 Å². The average Bonchev–Trinajstić information content (AvgIpc) is 3.35. The minimum atomic E-state index is -4.57. The van der Waals surface area contributed by atoms with Crippen LogP contribution >= 0.6 is 11.3 Å². The Morgan fingerprint density at radius 3 is 2.53 bits per heavy atom. The molecule has 36 heavy (non-hydrogen) atoms. The Labute approximate surface area is 207 Å². The number of fused-ring (bicyclic) bond motifs is 1. The standard InChI is InChI=1S/C24H17F4N3O3S2/c25-22-6-1-14(13-30-22)20-11-15(24(26,27)28)2-4-17(20)18-7-9-34-21-12-16(3-5-19(18)21)36(32,33)31-23-29-8-10-35-23/h1-6,8,10-13,18H,7,9H2,(H,29,31)/t18-/m1/s1. The molecule has 1 aliphatic heterocycles. The molecule has 12 heteroatoms. The van der Waals surface area contributed by atoms with Gasteiger partial charge in [-0.15, -0.1) is 11.3 Å². The normalized spacial score (nSPS) is 15.7. The lowest BCUT2D eigenvalue weighted by Gasteiger charge is -2.29. The maximum Gasteiger partial charge on any atom is 0.416 e. The second-order valence-electron chi connectivity index (χ2n) is 8.00. The summed E-state index contributed by atoms with van der Waals surface area (Å²) in [6, 6.07) is 10.3. The Bertz CT molecular complexity index is 1510. The van der Waals surface area contributed by atoms with Crippen LogP contribution in [-0.4, -0.2) is 25.0 Å². The average molecular weight is 536 g/mol. The first kappa shape index (κ1) is 24.2. The maximum absolute atomic E-state index is 13.5. The van der Waals surface area contributed by atoms with Gasteiger partial charge in [0.1, 0.15) is 5.75 Å². The van der Waals surface area contributed by atoms with Crippen molar-refractivity contribution in [3.8, 4) is 16.9 Å². The van der Waals surface area contributed by atoms with Crippen LogP contribution < -0.4 is 9.46 Å². The quantitative estimate of drug-likeness (QED) is 0.248. The summed E-state index contributed by atoms with van der Waals surface area (Å²) in [5.74, 6) is -0.820. The number of thiazole rings is 1. The van der Waals surface area contributed by atoms with Crippen LogP contribution in [0.5, 0.6) is 5.75 Å². The molecule has 5 rings (SSSR count). The van der Waals surface area contributed by atoms with E-state index in [1.54, 1.807) is 11.4 Å². The lowest BCUT2D eigenvalue weighted by molar-refractivity contribution is -0.137. The number of nitrogens with zero attached hydrogens (tertiary/aromatic N) is 2. The van der Waals surface area contributed by atoms with Gasteiger partial charge in [-0.2, -0.15) is 17.6 Å². The number of ether oxygens (including phenoxy) is 1. The highest BCUT2D eigenvalue weighted by Gasteiger charge is 2.33. The van der Waals surface area contributed by atoms with Gasteiger partial charge in [0.25, 0.3) is 10.0 Å². The van der Waals surface area contributed by atoms with Crippen molar-refractivity contribution in [2.45, 2.75) is 23.4 Å². The lowest BCUT2D eigenvalue weighted by atomic mass is 9.82. The number of anilines is 1. The zero-order valence-corrected chi connectivity index (χ0v) is 19.9. The van der Waals surface area contributed by atoms with Crippen LogP contribution in [0, 0.1) is 5.95 Å². The van der Waals surface area contributed by atoms with Crippen LogP contribution in [0.3, 0.4) is 0 Å². The van der Waals surface area contributed by atoms with Gasteiger partial charge in [-0.1, -0.05) is 12.1 Å². The number of benzene rings is 2. The van der Waals surface area contributed by atoms with Crippen LogP contribution in [0.25, 0.3) is 11.1 Å². The first-order valence-electron chi connectivity index (χ1n) is 10.6. The van der Waals surface area contributed by atoms with E-state index in [1.165, 1.54) is 36.7 Å². The minimum Gasteiger partial charge on any atom is -0.493 e. The number of aromatic nitrogens is 2. The number of sulfonamides is 1. The molecular weight excluding hydrogens is 518 g/mol. The first-order valence-corrected chi connectivity index (χ1v) is 13.0. The third-order valence-electron chi connectivity index (χ3n) is 5.78. The molecule has 0 fully saturated rings. The Balaban J connectivity index is 1.57. The van der Waals surface area contributed by atoms with Crippen molar-refractivity contribution in [3.05, 3.63) is 88.9 Å². The van der Waals surface area contributed by atoms with E-state index in [1.807, 2.05) is 0 Å². The second kappa shape index (κ2) is 9.17. The molecule has 186 valence electrons. The lowest BCUT2D eigenvalue weighted by Crippen LogP contribution is -2.18. The van der Waals surface area contributed by atoms with E-state index in [0.29, 0.717) is 28.9 Å². The molecule has 4 aromatic rings. The third-order valence-corrected chi connectivity index (χ3v) is 7.94. The van der Waals surface area contributed by atoms with E-state index in [-0.39, 0.29) is 28.1 Å². The highest BCUT2D eigenvalue weighted by atomic mass is 32.2. The van der Waals surface area contributed by atoms with Crippen molar-refractivity contribution < 1.29 is 30.7 Å². The molecule has 0 amide bonds. The topological polar surface area (TPSA) is 81.2 Å². The molecular formula is C24H17F4N3O3S2. The van der Waals surface area contributed by atoms with E-state index in [4.69, 9.17) is 4.74 Å². The Hall–Kier alpha value is -3.51. The molecule has 0 saturated heterocycles. The molecule has 1 N–H and O–H groups in total. The number of hydrogen-bond acceptors (Lipinski definition) is 6. The van der Waals surface area contributed by atoms with Crippen LogP contribution in [0.1, 0.15) is 29.0 Å². The fraction of sp³-hybridized carbons (Fsp3) is 0.167. The summed E-state index contributed by atoms with van der Waals surface area (Å²) in [5, 5.41) is 1.85. The largest absolute Gasteiger partial charge is 0.493 e. The highest BCUT2D eigenvalue weighted by Crippen LogP contribution is 2.44. The number of halogens is 4. The molecule has 1 atom stereocenters. The van der Waals surface area contributed by atoms with E-state index in [0.717, 1.165) is 29.5 Å². The maximum atomic E-state index is 13.5. The zero-order chi connectivity index (χ0) is 25.5. The first-order chi connectivity index (χ1) is 17.1. The van der Waals surface area contributed by atoms with E-state index in [9.17, 15) is 26.0 Å². The van der Waals surface area contributed by atoms with Crippen LogP contribution in [-0.2, 0) is 16.2 Å². The third kappa shape index (κ3) is 4.78. The number of hydrogen-bond donors (Lipinski definition) is 1. The fourth-order valence-electron chi connectivity index (χ4n) is 4.13. The SMILES string of the molecule is O=S(=O)(Nc1nccs1)c1ccc2c(c1)OCC[C@@H]2c1ccc(C(F)(F)F)cc1-c1ccc(F)nc1. The van der Waals surface area contributed by atoms with Crippen molar-refractivity contribution in [1.29, 1.82) is 0 Å². The van der Waals surface area contributed by atoms with Gasteiger partial charge in [-0.05, 0) is 47.9 Å². The van der Waals surface area contributed by atoms with Gasteiger partial charge < -0.3 is 4.74 Å². The van der Waals surface area contributed by atoms with Crippen LogP contribution in [0.2, 0.25) is 0 Å². The van der Waals surface area contributed by atoms with Crippen molar-refractivity contribution in [3.63, 3.8) is 0 Å². The van der Waals surface area contributed by atoms with E-state index in [2.05, 4.69) is 14.7 Å². The smallest absolute Gasteiger partial charge is 0.416 e. The Morgan fingerprint density at radius 2 is 1.83 bits per heavy atom. The van der Waals surface area contributed by atoms with Gasteiger partial charge in [-0.3, -0.25) is 4.72 Å². The van der Waals surface area contributed by atoms with Crippen molar-refractivity contribution in [2.24, 2.45) is 0 Å². The highest BCUT2D eigenvalue weighted by molar-refractivity contribution is 7.93. The molecule has 0 radical (unpaired) electrons. The van der Waals surface area contributed by atoms with E-state index >= 15 is 0 Å². The molecule has 2 aromatic carbocycles. The molecule has 2 aromatic heterocycles. The summed E-state index contributed by atoms with van der Waals surface area (Å²) < 4.78 is 87.6. The fourth-order valence-corrected chi connectivity index (χ4v) is 5.93. The summed E-state index contributed by atoms with van der Waals surface area (Å²) in [5.41, 5.74) is 0.949. The van der Waals surface area contributed by atoms with Gasteiger partial charge in [0.2, 0.25) is 5.95 Å². The van der Waals surface area contributed by atoms with Gasteiger partial charge in [-0.25, -0.2) is 18.4 Å². The zero-order valence-electron chi connectivity index (χ0n) is 18.3. The molecule has 0 unspecified atom stereocenters. The molecule has 3 heterocycles. The summed E-state index contributed by atoms with van der Waals surface area (Å²) in [7, 11) is -3.93. The van der Waals surface area contributed by atoms with Gasteiger partial charge >= 0.3 is 6.18 Å². The summed E-state index contributed by atoms with van der Waals surface area (Å²) in [6.07, 6.45) is -1.46. The van der Waals surface area contributed by atoms with Crippen molar-refractivity contribution in [2.75, 3.05) is 11.3 Å². The van der Waals surface area contributed by atoms with Crippen molar-refractivity contribution >= 4 is 26.5 Å². The van der Waals surface area contributed by atoms with Gasteiger partial charge in [0.05, 0.1) is 17.1 Å². The van der Waals surface area contributed by atoms with Crippen LogP contribution in [0.4, 0.5) is 22.7 Å². The molecule has 6 nitrogen and oxygen atoms in total. The predicted molar refractivity (Wildman–Crippen MR) is 126 cm³/mol. The molecule has 0 bridgehead atoms. The van der Waals surface area contributed by atoms with E-state index < -0.39 is 27.7 Å². The predicted octanol–water partition coefficient (Wildman–Crippen LogP) is 6.08. The molecule has 0 saturated carbocycles. The Morgan fingerprint density at radius 1 is 1.03 bits per heavy atom. The number of pyridine rings is 1. The summed E-state index contributed by atoms with van der Waals surface area (Å²) in [4.78, 5) is 7.48. The minimum absolute atomic E-state index is 0.0347. The number of nitrogens with one attached hydrogen (secondary N) is 1. The van der Waals surface area contributed by atoms with Gasteiger partial charge in [0.15, 0.2) is 5.13 Å². The summed E-state index contributed by atoms with van der Waals surface area (Å²) >= 11 is 1.13. The van der Waals surface area contributed by atoms with Crippen molar-refractivity contribution in [1.82, 2.24) is 9.97 Å². The molecule has 0 aliphatic carbocycles. The second-order valence-corrected chi connectivity index (χ2v) is 10.6. The number of alkyl halides is 3.